The van der Waals surface area contributed by atoms with Gasteiger partial charge in [0.2, 0.25) is 0 Å². The first-order chi connectivity index (χ1) is 24.3. The Hall–Kier alpha value is -3.52. The molecule has 2 heteroatoms. The van der Waals surface area contributed by atoms with Crippen LogP contribution >= 0.6 is 0 Å². The van der Waals surface area contributed by atoms with Crippen LogP contribution in [0.3, 0.4) is 0 Å². The summed E-state index contributed by atoms with van der Waals surface area (Å²) in [5, 5.41) is 4.26. The molecule has 0 aliphatic heterocycles. The van der Waals surface area contributed by atoms with E-state index in [2.05, 4.69) is 112 Å². The monoisotopic (exact) mass is 660 g/mol. The van der Waals surface area contributed by atoms with Crippen LogP contribution < -0.4 is 11.1 Å². The third-order valence-corrected chi connectivity index (χ3v) is 16.1. The Morgan fingerprint density at radius 2 is 0.840 bits per heavy atom. The van der Waals surface area contributed by atoms with Gasteiger partial charge in [0.15, 0.2) is 0 Å². The molecule has 8 bridgehead atoms. The molecule has 8 saturated carbocycles. The van der Waals surface area contributed by atoms with Gasteiger partial charge in [-0.2, -0.15) is 0 Å². The molecule has 2 nitrogen and oxygen atoms in total. The van der Waals surface area contributed by atoms with E-state index in [0.29, 0.717) is 23.7 Å². The van der Waals surface area contributed by atoms with Crippen molar-refractivity contribution < 1.29 is 0 Å². The minimum atomic E-state index is -0.0137. The zero-order chi connectivity index (χ0) is 33.9. The number of hydrogen-bond acceptors (Lipinski definition) is 2. The van der Waals surface area contributed by atoms with Crippen LogP contribution in [0.2, 0.25) is 0 Å². The van der Waals surface area contributed by atoms with Gasteiger partial charge in [0.05, 0.1) is 11.4 Å². The Labute approximate surface area is 300 Å². The highest BCUT2D eigenvalue weighted by Crippen LogP contribution is 2.70. The fraction of sp³-hybridized carbons (Fsp3) is 0.500. The third kappa shape index (κ3) is 4.20. The zero-order valence-electron chi connectivity index (χ0n) is 30.8. The molecule has 4 aromatic rings. The number of hydrogen-bond donors (Lipinski definition) is 2. The number of anilines is 3. The van der Waals surface area contributed by atoms with E-state index in [9.17, 15) is 0 Å². The minimum Gasteiger partial charge on any atom is -0.397 e. The van der Waals surface area contributed by atoms with E-state index in [1.54, 1.807) is 22.3 Å². The van der Waals surface area contributed by atoms with Crippen molar-refractivity contribution in [2.24, 2.45) is 47.3 Å². The predicted octanol–water partition coefficient (Wildman–Crippen LogP) is 11.7. The topological polar surface area (TPSA) is 38.0 Å². The van der Waals surface area contributed by atoms with E-state index in [4.69, 9.17) is 5.73 Å². The van der Waals surface area contributed by atoms with Gasteiger partial charge in [0.25, 0.3) is 0 Å². The molecule has 0 aromatic heterocycles. The van der Waals surface area contributed by atoms with Gasteiger partial charge in [-0.05, 0) is 196 Å². The molecule has 258 valence electrons. The van der Waals surface area contributed by atoms with Gasteiger partial charge >= 0.3 is 0 Å². The molecule has 0 saturated heterocycles. The van der Waals surface area contributed by atoms with Crippen LogP contribution in [0.15, 0.2) is 78.9 Å². The van der Waals surface area contributed by atoms with Crippen molar-refractivity contribution in [3.8, 4) is 0 Å². The summed E-state index contributed by atoms with van der Waals surface area (Å²) in [4.78, 5) is 0. The number of rotatable bonds is 6. The molecular weight excluding hydrogens is 605 g/mol. The second kappa shape index (κ2) is 11.2. The van der Waals surface area contributed by atoms with Crippen molar-refractivity contribution in [1.82, 2.24) is 0 Å². The second-order valence-electron chi connectivity index (χ2n) is 18.3. The van der Waals surface area contributed by atoms with Crippen molar-refractivity contribution in [3.05, 3.63) is 123 Å². The summed E-state index contributed by atoms with van der Waals surface area (Å²) in [5.74, 6) is 6.24. The normalized spacial score (nSPS) is 36.2. The number of nitrogens with two attached hydrogens (primary N) is 1. The van der Waals surface area contributed by atoms with Crippen molar-refractivity contribution in [1.29, 1.82) is 0 Å². The average Bonchev–Trinajstić information content (AvgIpc) is 3.09. The summed E-state index contributed by atoms with van der Waals surface area (Å²) >= 11 is 0. The maximum atomic E-state index is 6.87. The van der Waals surface area contributed by atoms with E-state index < -0.39 is 0 Å². The summed E-state index contributed by atoms with van der Waals surface area (Å²) in [7, 11) is 0. The minimum absolute atomic E-state index is 0.0137. The van der Waals surface area contributed by atoms with Gasteiger partial charge in [-0.15, -0.1) is 0 Å². The van der Waals surface area contributed by atoms with E-state index in [-0.39, 0.29) is 10.8 Å². The predicted molar refractivity (Wildman–Crippen MR) is 208 cm³/mol. The number of nitrogen functional groups attached to an aromatic ring is 1. The lowest BCUT2D eigenvalue weighted by molar-refractivity contribution is -0.0444. The summed E-state index contributed by atoms with van der Waals surface area (Å²) in [6.45, 7) is 9.54. The standard InChI is InChI=1S/C48H56N2/c1-28-10-7-12-40(30(28)3)47(36-20-32-18-33(22-36)23-37(47)21-32)42-14-9-15-43(46(42)50-45-17-6-5-16-44(45)49)48(41-13-8-11-29(2)31(41)4)38-24-34-19-35(26-38)27-39(48)25-34/h5-17,32-39,50H,18-27,49H2,1-4H3. The molecule has 8 aliphatic carbocycles. The molecule has 3 N–H and O–H groups in total. The molecule has 50 heavy (non-hydrogen) atoms. The zero-order valence-corrected chi connectivity index (χ0v) is 30.8. The Kier molecular flexibility index (Phi) is 7.02. The first-order valence-corrected chi connectivity index (χ1v) is 20.2. The van der Waals surface area contributed by atoms with Crippen molar-refractivity contribution in [3.63, 3.8) is 0 Å². The van der Waals surface area contributed by atoms with Gasteiger partial charge in [-0.25, -0.2) is 0 Å². The summed E-state index contributed by atoms with van der Waals surface area (Å²) in [5.41, 5.74) is 22.4. The van der Waals surface area contributed by atoms with E-state index >= 15 is 0 Å². The van der Waals surface area contributed by atoms with Crippen LogP contribution in [0.4, 0.5) is 17.1 Å². The lowest BCUT2D eigenvalue weighted by Gasteiger charge is -2.64. The Morgan fingerprint density at radius 3 is 1.26 bits per heavy atom. The summed E-state index contributed by atoms with van der Waals surface area (Å²) in [6.07, 6.45) is 13.9. The number of nitrogens with one attached hydrogen (secondary N) is 1. The molecule has 0 heterocycles. The maximum absolute atomic E-state index is 6.87. The first kappa shape index (κ1) is 31.2. The molecule has 0 spiro atoms. The summed E-state index contributed by atoms with van der Waals surface area (Å²) < 4.78 is 0. The molecule has 0 unspecified atom stereocenters. The van der Waals surface area contributed by atoms with E-state index in [1.165, 1.54) is 92.1 Å². The largest absolute Gasteiger partial charge is 0.397 e. The van der Waals surface area contributed by atoms with Crippen LogP contribution in [0.5, 0.6) is 0 Å². The molecule has 12 rings (SSSR count). The SMILES string of the molecule is Cc1cccc(C2(c3cccc(C4(c5cccc(C)c5C)C5CC6CC(C5)CC4C6)c3Nc3ccccc3N)C3CC4CC(C3)CC2C4)c1C. The lowest BCUT2D eigenvalue weighted by atomic mass is 9.40. The van der Waals surface area contributed by atoms with E-state index in [1.807, 2.05) is 0 Å². The molecular formula is C48H56N2. The van der Waals surface area contributed by atoms with Gasteiger partial charge in [-0.1, -0.05) is 66.7 Å². The molecule has 8 aliphatic rings. The highest BCUT2D eigenvalue weighted by atomic mass is 14.9. The van der Waals surface area contributed by atoms with Crippen LogP contribution in [-0.2, 0) is 10.8 Å². The van der Waals surface area contributed by atoms with Gasteiger partial charge in [0, 0.05) is 16.5 Å². The highest BCUT2D eigenvalue weighted by molar-refractivity contribution is 5.79. The van der Waals surface area contributed by atoms with Crippen LogP contribution in [0, 0.1) is 75.0 Å². The van der Waals surface area contributed by atoms with Gasteiger partial charge in [-0.3, -0.25) is 0 Å². The Bertz CT molecular complexity index is 1810. The number of benzene rings is 4. The second-order valence-corrected chi connectivity index (χ2v) is 18.3. The van der Waals surface area contributed by atoms with Crippen LogP contribution in [0.1, 0.15) is 109 Å². The van der Waals surface area contributed by atoms with Crippen molar-refractivity contribution in [2.75, 3.05) is 11.1 Å². The van der Waals surface area contributed by atoms with Crippen molar-refractivity contribution >= 4 is 17.1 Å². The third-order valence-electron chi connectivity index (χ3n) is 16.1. The highest BCUT2D eigenvalue weighted by Gasteiger charge is 2.62. The maximum Gasteiger partial charge on any atom is 0.0618 e. The van der Waals surface area contributed by atoms with Crippen LogP contribution in [0.25, 0.3) is 0 Å². The lowest BCUT2D eigenvalue weighted by Crippen LogP contribution is -2.58. The first-order valence-electron chi connectivity index (χ1n) is 20.2. The number of para-hydroxylation sites is 3. The molecule has 8 fully saturated rings. The smallest absolute Gasteiger partial charge is 0.0618 e. The molecule has 0 atom stereocenters. The fourth-order valence-electron chi connectivity index (χ4n) is 14.4. The molecule has 0 radical (unpaired) electrons. The quantitative estimate of drug-likeness (QED) is 0.202. The number of aryl methyl sites for hydroxylation is 2. The molecule has 4 aromatic carbocycles. The fourth-order valence-corrected chi connectivity index (χ4v) is 14.4. The van der Waals surface area contributed by atoms with E-state index in [0.717, 1.165) is 35.0 Å². The Morgan fingerprint density at radius 1 is 0.460 bits per heavy atom. The van der Waals surface area contributed by atoms with Crippen molar-refractivity contribution in [2.45, 2.75) is 103 Å². The van der Waals surface area contributed by atoms with Crippen LogP contribution in [-0.4, -0.2) is 0 Å². The Balaban J connectivity index is 1.31. The van der Waals surface area contributed by atoms with Gasteiger partial charge in [0.1, 0.15) is 0 Å². The average molecular weight is 661 g/mol. The van der Waals surface area contributed by atoms with Gasteiger partial charge < -0.3 is 11.1 Å². The molecule has 0 amide bonds. The summed E-state index contributed by atoms with van der Waals surface area (Å²) in [6, 6.07) is 30.7.